The molecule has 0 aliphatic carbocycles. The Hall–Kier alpha value is -3.80. The van der Waals surface area contributed by atoms with Crippen LogP contribution in [0.4, 0.5) is 0 Å². The molecule has 0 spiro atoms. The van der Waals surface area contributed by atoms with Gasteiger partial charge in [-0.05, 0) is 24.5 Å². The largest absolute Gasteiger partial charge is 0.358 e. The van der Waals surface area contributed by atoms with Crippen molar-refractivity contribution in [2.75, 3.05) is 0 Å². The Bertz CT molecular complexity index is 1160. The maximum absolute atomic E-state index is 13.0. The topological polar surface area (TPSA) is 96.1 Å². The molecular weight excluding hydrogens is 416 g/mol. The van der Waals surface area contributed by atoms with Crippen molar-refractivity contribution in [3.05, 3.63) is 106 Å². The Kier molecular flexibility index (Phi) is 7.38. The first kappa shape index (κ1) is 23.9. The van der Waals surface area contributed by atoms with Gasteiger partial charge in [0.1, 0.15) is 11.3 Å². The summed E-state index contributed by atoms with van der Waals surface area (Å²) in [6, 6.07) is 19.7. The number of hydrogen-bond acceptors (Lipinski definition) is 4. The molecule has 3 rings (SSSR count). The maximum atomic E-state index is 13.0. The molecule has 1 amide bonds. The van der Waals surface area contributed by atoms with Crippen LogP contribution in [0.3, 0.4) is 0 Å². The van der Waals surface area contributed by atoms with Crippen LogP contribution in [-0.2, 0) is 4.79 Å². The molecule has 6 nitrogen and oxygen atoms in total. The SMILES string of the molecule is CC(=O)C(C)(C)CCC(=O)c1cc(=O)c(C(=O)NC(c2ccccc2)c2ccccc2)c[nH]1. The second-order valence-corrected chi connectivity index (χ2v) is 8.72. The van der Waals surface area contributed by atoms with Crippen LogP contribution >= 0.6 is 0 Å². The molecule has 2 aromatic carbocycles. The minimum atomic E-state index is -0.611. The molecular formula is C27H28N2O4. The third kappa shape index (κ3) is 5.92. The highest BCUT2D eigenvalue weighted by Crippen LogP contribution is 2.24. The molecule has 0 saturated carbocycles. The Morgan fingerprint density at radius 2 is 1.48 bits per heavy atom. The summed E-state index contributed by atoms with van der Waals surface area (Å²) in [5.41, 5.74) is 0.660. The van der Waals surface area contributed by atoms with Crippen LogP contribution in [0.2, 0.25) is 0 Å². The molecule has 1 aromatic heterocycles. The Morgan fingerprint density at radius 1 is 0.939 bits per heavy atom. The summed E-state index contributed by atoms with van der Waals surface area (Å²) in [7, 11) is 0. The number of aromatic amines is 1. The fourth-order valence-electron chi connectivity index (χ4n) is 3.41. The number of ketones is 2. The summed E-state index contributed by atoms with van der Waals surface area (Å²) in [6.45, 7) is 5.07. The molecule has 0 atom stereocenters. The highest BCUT2D eigenvalue weighted by molar-refractivity contribution is 5.97. The van der Waals surface area contributed by atoms with Gasteiger partial charge >= 0.3 is 0 Å². The first-order valence-electron chi connectivity index (χ1n) is 10.9. The van der Waals surface area contributed by atoms with E-state index < -0.39 is 22.8 Å². The summed E-state index contributed by atoms with van der Waals surface area (Å²) in [6.07, 6.45) is 1.77. The van der Waals surface area contributed by atoms with Crippen LogP contribution in [0.15, 0.2) is 77.7 Å². The Labute approximate surface area is 193 Å². The van der Waals surface area contributed by atoms with Crippen LogP contribution < -0.4 is 10.7 Å². The van der Waals surface area contributed by atoms with Gasteiger partial charge in [-0.15, -0.1) is 0 Å². The van der Waals surface area contributed by atoms with Crippen LogP contribution in [0.5, 0.6) is 0 Å². The average Bonchev–Trinajstić information content (AvgIpc) is 2.81. The van der Waals surface area contributed by atoms with Gasteiger partial charge in [0.2, 0.25) is 0 Å². The number of benzene rings is 2. The highest BCUT2D eigenvalue weighted by atomic mass is 16.2. The number of nitrogens with one attached hydrogen (secondary N) is 2. The highest BCUT2D eigenvalue weighted by Gasteiger charge is 2.25. The fraction of sp³-hybridized carbons (Fsp3) is 0.259. The minimum Gasteiger partial charge on any atom is -0.358 e. The molecule has 3 aromatic rings. The summed E-state index contributed by atoms with van der Waals surface area (Å²) < 4.78 is 0. The predicted molar refractivity (Wildman–Crippen MR) is 127 cm³/mol. The molecule has 0 aliphatic rings. The zero-order valence-electron chi connectivity index (χ0n) is 19.1. The molecule has 33 heavy (non-hydrogen) atoms. The second-order valence-electron chi connectivity index (χ2n) is 8.72. The number of hydrogen-bond donors (Lipinski definition) is 2. The Balaban J connectivity index is 1.79. The molecule has 0 fully saturated rings. The van der Waals surface area contributed by atoms with E-state index in [2.05, 4.69) is 10.3 Å². The number of amides is 1. The third-order valence-electron chi connectivity index (χ3n) is 5.93. The van der Waals surface area contributed by atoms with Crippen molar-refractivity contribution >= 4 is 17.5 Å². The lowest BCUT2D eigenvalue weighted by atomic mass is 9.83. The first-order valence-corrected chi connectivity index (χ1v) is 10.9. The molecule has 0 aliphatic heterocycles. The number of carbonyl (C=O) groups excluding carboxylic acids is 3. The van der Waals surface area contributed by atoms with E-state index in [1.54, 1.807) is 13.8 Å². The monoisotopic (exact) mass is 444 g/mol. The molecule has 1 heterocycles. The van der Waals surface area contributed by atoms with Crippen molar-refractivity contribution < 1.29 is 14.4 Å². The first-order chi connectivity index (χ1) is 15.7. The van der Waals surface area contributed by atoms with Crippen LogP contribution in [0, 0.1) is 5.41 Å². The molecule has 2 N–H and O–H groups in total. The van der Waals surface area contributed by atoms with Gasteiger partial charge in [0, 0.05) is 24.1 Å². The third-order valence-corrected chi connectivity index (χ3v) is 5.93. The Morgan fingerprint density at radius 3 is 1.97 bits per heavy atom. The fourth-order valence-corrected chi connectivity index (χ4v) is 3.41. The van der Waals surface area contributed by atoms with Crippen LogP contribution in [0.25, 0.3) is 0 Å². The lowest BCUT2D eigenvalue weighted by Crippen LogP contribution is -2.33. The molecule has 6 heteroatoms. The van der Waals surface area contributed by atoms with Crippen molar-refractivity contribution in [1.82, 2.24) is 10.3 Å². The average molecular weight is 445 g/mol. The summed E-state index contributed by atoms with van der Waals surface area (Å²) in [4.78, 5) is 52.6. The minimum absolute atomic E-state index is 0.00204. The summed E-state index contributed by atoms with van der Waals surface area (Å²) in [5.74, 6) is -0.812. The second kappa shape index (κ2) is 10.2. The maximum Gasteiger partial charge on any atom is 0.257 e. The molecule has 0 saturated heterocycles. The van der Waals surface area contributed by atoms with Gasteiger partial charge in [-0.3, -0.25) is 19.2 Å². The lowest BCUT2D eigenvalue weighted by Gasteiger charge is -2.20. The van der Waals surface area contributed by atoms with Gasteiger partial charge in [-0.1, -0.05) is 74.5 Å². The van der Waals surface area contributed by atoms with Gasteiger partial charge in [0.25, 0.3) is 5.91 Å². The molecule has 170 valence electrons. The number of carbonyl (C=O) groups is 3. The number of H-pyrrole nitrogens is 1. The van der Waals surface area contributed by atoms with E-state index in [0.717, 1.165) is 17.2 Å². The van der Waals surface area contributed by atoms with Gasteiger partial charge in [0.15, 0.2) is 11.2 Å². The quantitative estimate of drug-likeness (QED) is 0.476. The zero-order chi connectivity index (χ0) is 24.0. The summed E-state index contributed by atoms with van der Waals surface area (Å²) >= 11 is 0. The predicted octanol–water partition coefficient (Wildman–Crippen LogP) is 4.47. The van der Waals surface area contributed by atoms with Crippen molar-refractivity contribution in [2.24, 2.45) is 5.41 Å². The van der Waals surface area contributed by atoms with Gasteiger partial charge in [-0.25, -0.2) is 0 Å². The van der Waals surface area contributed by atoms with Crippen molar-refractivity contribution in [1.29, 1.82) is 0 Å². The standard InChI is InChI=1S/C27H28N2O4/c1-18(30)27(2,3)15-14-23(31)22-16-24(32)21(17-28-22)26(33)29-25(19-10-6-4-7-11-19)20-12-8-5-9-13-20/h4-13,16-17,25H,14-15H2,1-3H3,(H,28,32)(H,29,33). The lowest BCUT2D eigenvalue weighted by molar-refractivity contribution is -0.125. The van der Waals surface area contributed by atoms with E-state index in [9.17, 15) is 19.2 Å². The van der Waals surface area contributed by atoms with E-state index in [4.69, 9.17) is 0 Å². The smallest absolute Gasteiger partial charge is 0.257 e. The number of rotatable bonds is 9. The number of aromatic nitrogens is 1. The van der Waals surface area contributed by atoms with Crippen molar-refractivity contribution in [3.63, 3.8) is 0 Å². The van der Waals surface area contributed by atoms with E-state index >= 15 is 0 Å². The normalized spacial score (nSPS) is 11.3. The number of Topliss-reactive ketones (excluding diaryl/α,β-unsaturated/α-hetero) is 2. The van der Waals surface area contributed by atoms with E-state index in [1.807, 2.05) is 60.7 Å². The van der Waals surface area contributed by atoms with E-state index in [-0.39, 0.29) is 29.2 Å². The van der Waals surface area contributed by atoms with Gasteiger partial charge in [-0.2, -0.15) is 0 Å². The molecule has 0 bridgehead atoms. The van der Waals surface area contributed by atoms with Gasteiger partial charge < -0.3 is 10.3 Å². The number of pyridine rings is 1. The van der Waals surface area contributed by atoms with E-state index in [0.29, 0.717) is 6.42 Å². The zero-order valence-corrected chi connectivity index (χ0v) is 19.1. The van der Waals surface area contributed by atoms with Gasteiger partial charge in [0.05, 0.1) is 11.7 Å². The van der Waals surface area contributed by atoms with Crippen molar-refractivity contribution in [2.45, 2.75) is 39.7 Å². The molecule has 0 radical (unpaired) electrons. The van der Waals surface area contributed by atoms with E-state index in [1.165, 1.54) is 13.1 Å². The van der Waals surface area contributed by atoms with Crippen molar-refractivity contribution in [3.8, 4) is 0 Å². The molecule has 0 unspecified atom stereocenters. The van der Waals surface area contributed by atoms with Crippen LogP contribution in [0.1, 0.15) is 71.6 Å². The van der Waals surface area contributed by atoms with Crippen LogP contribution in [-0.4, -0.2) is 22.5 Å². The summed E-state index contributed by atoms with van der Waals surface area (Å²) in [5, 5.41) is 2.93.